The van der Waals surface area contributed by atoms with Crippen LogP contribution in [0.2, 0.25) is 0 Å². The molecule has 0 bridgehead atoms. The number of aldehydes is 1. The Morgan fingerprint density at radius 3 is 2.27 bits per heavy atom. The smallest absolute Gasteiger partial charge is 0.149 e. The standard InChI is InChI=1S/C14H28N2O.C12H10F2O2.C11H17N/c1-4-6-7-13(8-10-17)16-11-14(12-16,15-3)9-5-2;1-8(7-15)5-12(16-2)10-4-3-9(13)6-11(10)14;1-9-5-7-10(8-6-9)11(2,3)12-4/h5,13,15,17H,2,4,6-12H2,1,3H3;3-7H,1H2,2H3;5-8,12H,1-4H3/b;12-5-;. The maximum absolute atomic E-state index is 13.4. The van der Waals surface area contributed by atoms with Crippen molar-refractivity contribution < 1.29 is 23.4 Å². The first-order valence-electron chi connectivity index (χ1n) is 15.6. The minimum Gasteiger partial charge on any atom is -0.496 e. The number of carbonyl (C=O) groups excluding carboxylic acids is 1. The summed E-state index contributed by atoms with van der Waals surface area (Å²) in [5.41, 5.74) is 3.17. The number of aryl methyl sites for hydroxylation is 1. The highest BCUT2D eigenvalue weighted by molar-refractivity contribution is 5.81. The van der Waals surface area contributed by atoms with Crippen molar-refractivity contribution in [1.82, 2.24) is 15.5 Å². The average molecular weight is 628 g/mol. The van der Waals surface area contributed by atoms with Crippen molar-refractivity contribution in [3.63, 3.8) is 0 Å². The number of allylic oxidation sites excluding steroid dienone is 2. The second kappa shape index (κ2) is 20.1. The zero-order valence-corrected chi connectivity index (χ0v) is 28.4. The quantitative estimate of drug-likeness (QED) is 0.0654. The SMILES string of the molecule is C=C(C=O)/C=C(\OC)c1ccc(F)cc1F.C=CCC1(NC)CN(C(CCO)CCCC)C1.CNC(C)(C)c1ccc(C)cc1. The van der Waals surface area contributed by atoms with Gasteiger partial charge in [-0.2, -0.15) is 0 Å². The first-order chi connectivity index (χ1) is 21.3. The number of aliphatic hydroxyl groups excluding tert-OH is 1. The third kappa shape index (κ3) is 13.0. The fraction of sp³-hybridized carbons (Fsp3) is 0.486. The fourth-order valence-corrected chi connectivity index (χ4v) is 5.01. The number of unbranched alkanes of at least 4 members (excludes halogenated alkanes) is 1. The molecule has 1 unspecified atom stereocenters. The Morgan fingerprint density at radius 1 is 1.16 bits per heavy atom. The molecular formula is C37H55F2N3O3. The van der Waals surface area contributed by atoms with Gasteiger partial charge in [-0.05, 0) is 77.9 Å². The Bertz CT molecular complexity index is 1220. The third-order valence-corrected chi connectivity index (χ3v) is 8.23. The molecule has 250 valence electrons. The van der Waals surface area contributed by atoms with Gasteiger partial charge in [0.25, 0.3) is 0 Å². The van der Waals surface area contributed by atoms with E-state index in [1.807, 2.05) is 20.2 Å². The third-order valence-electron chi connectivity index (χ3n) is 8.23. The molecule has 1 saturated heterocycles. The number of hydrogen-bond acceptors (Lipinski definition) is 6. The Kier molecular flexibility index (Phi) is 17.8. The van der Waals surface area contributed by atoms with Gasteiger partial charge in [-0.25, -0.2) is 8.78 Å². The number of methoxy groups -OCH3 is 1. The van der Waals surface area contributed by atoms with Gasteiger partial charge in [0.05, 0.1) is 12.7 Å². The Hall–Kier alpha value is -3.17. The lowest BCUT2D eigenvalue weighted by atomic mass is 9.84. The zero-order valence-electron chi connectivity index (χ0n) is 28.4. The monoisotopic (exact) mass is 627 g/mol. The second-order valence-electron chi connectivity index (χ2n) is 12.0. The summed E-state index contributed by atoms with van der Waals surface area (Å²) < 4.78 is 30.9. The summed E-state index contributed by atoms with van der Waals surface area (Å²) in [5, 5.41) is 15.8. The van der Waals surface area contributed by atoms with Crippen LogP contribution < -0.4 is 10.6 Å². The summed E-state index contributed by atoms with van der Waals surface area (Å²) >= 11 is 0. The van der Waals surface area contributed by atoms with Crippen LogP contribution in [0.1, 0.15) is 69.6 Å². The fourth-order valence-electron chi connectivity index (χ4n) is 5.01. The molecule has 6 nitrogen and oxygen atoms in total. The van der Waals surface area contributed by atoms with Crippen LogP contribution in [-0.2, 0) is 15.1 Å². The molecule has 1 fully saturated rings. The van der Waals surface area contributed by atoms with Crippen LogP contribution in [0, 0.1) is 18.6 Å². The van der Waals surface area contributed by atoms with Crippen molar-refractivity contribution in [2.75, 3.05) is 40.9 Å². The molecule has 0 aliphatic carbocycles. The topological polar surface area (TPSA) is 73.8 Å². The molecule has 2 aromatic carbocycles. The van der Waals surface area contributed by atoms with Crippen LogP contribution in [0.3, 0.4) is 0 Å². The number of aliphatic hydroxyl groups is 1. The number of rotatable bonds is 15. The van der Waals surface area contributed by atoms with Gasteiger partial charge in [-0.1, -0.05) is 62.2 Å². The van der Waals surface area contributed by atoms with Gasteiger partial charge < -0.3 is 20.5 Å². The molecule has 0 aromatic heterocycles. The van der Waals surface area contributed by atoms with E-state index in [1.165, 1.54) is 49.6 Å². The van der Waals surface area contributed by atoms with E-state index in [0.29, 0.717) is 18.9 Å². The molecule has 0 amide bonds. The predicted molar refractivity (Wildman–Crippen MR) is 183 cm³/mol. The molecule has 1 aliphatic heterocycles. The lowest BCUT2D eigenvalue weighted by Crippen LogP contribution is -2.70. The first kappa shape index (κ1) is 39.9. The van der Waals surface area contributed by atoms with Crippen LogP contribution in [0.25, 0.3) is 5.76 Å². The number of carbonyl (C=O) groups is 1. The van der Waals surface area contributed by atoms with E-state index in [1.54, 1.807) is 0 Å². The van der Waals surface area contributed by atoms with Crippen LogP contribution in [0.5, 0.6) is 0 Å². The normalized spacial score (nSPS) is 14.9. The van der Waals surface area contributed by atoms with Crippen molar-refractivity contribution in [2.45, 2.75) is 76.9 Å². The van der Waals surface area contributed by atoms with Crippen LogP contribution in [0.4, 0.5) is 8.78 Å². The minimum absolute atomic E-state index is 0.0758. The number of hydrogen-bond donors (Lipinski definition) is 3. The number of likely N-dealkylation sites (tertiary alicyclic amines) is 1. The van der Waals surface area contributed by atoms with Gasteiger partial charge in [0.15, 0.2) is 0 Å². The minimum atomic E-state index is -0.758. The molecule has 0 radical (unpaired) electrons. The number of halogens is 2. The molecule has 45 heavy (non-hydrogen) atoms. The van der Waals surface area contributed by atoms with Crippen LogP contribution in [-0.4, -0.2) is 68.8 Å². The molecule has 1 atom stereocenters. The summed E-state index contributed by atoms with van der Waals surface area (Å²) in [6.45, 7) is 18.4. The first-order valence-corrected chi connectivity index (χ1v) is 15.6. The number of nitrogens with zero attached hydrogens (tertiary/aromatic N) is 1. The summed E-state index contributed by atoms with van der Waals surface area (Å²) in [6, 6.07) is 12.3. The Morgan fingerprint density at radius 2 is 1.80 bits per heavy atom. The van der Waals surface area contributed by atoms with Gasteiger partial charge in [0.1, 0.15) is 23.7 Å². The Balaban J connectivity index is 0.000000343. The molecule has 1 heterocycles. The van der Waals surface area contributed by atoms with Crippen LogP contribution in [0.15, 0.2) is 73.3 Å². The average Bonchev–Trinajstić information content (AvgIpc) is 3.01. The van der Waals surface area contributed by atoms with Gasteiger partial charge in [0, 0.05) is 48.5 Å². The molecule has 0 spiro atoms. The lowest BCUT2D eigenvalue weighted by molar-refractivity contribution is -0.104. The van der Waals surface area contributed by atoms with Gasteiger partial charge >= 0.3 is 0 Å². The van der Waals surface area contributed by atoms with E-state index in [9.17, 15) is 13.6 Å². The number of likely N-dealkylation sites (N-methyl/N-ethyl adjacent to an activating group) is 1. The highest BCUT2D eigenvalue weighted by Crippen LogP contribution is 2.29. The van der Waals surface area contributed by atoms with E-state index in [2.05, 4.69) is 80.7 Å². The van der Waals surface area contributed by atoms with Crippen molar-refractivity contribution >= 4 is 12.0 Å². The lowest BCUT2D eigenvalue weighted by Gasteiger charge is -2.53. The number of nitrogens with one attached hydrogen (secondary N) is 2. The van der Waals surface area contributed by atoms with Gasteiger partial charge in [-0.15, -0.1) is 6.58 Å². The summed E-state index contributed by atoms with van der Waals surface area (Å²) in [6.07, 6.45) is 9.44. The molecule has 2 aromatic rings. The summed E-state index contributed by atoms with van der Waals surface area (Å²) in [7, 11) is 5.35. The van der Waals surface area contributed by atoms with E-state index in [0.717, 1.165) is 38.1 Å². The van der Waals surface area contributed by atoms with Gasteiger partial charge in [0.2, 0.25) is 0 Å². The van der Waals surface area contributed by atoms with Gasteiger partial charge in [-0.3, -0.25) is 9.69 Å². The molecule has 8 heteroatoms. The predicted octanol–water partition coefficient (Wildman–Crippen LogP) is 6.93. The van der Waals surface area contributed by atoms with Crippen molar-refractivity contribution in [3.05, 3.63) is 102 Å². The Labute approximate surface area is 270 Å². The molecule has 1 aliphatic rings. The summed E-state index contributed by atoms with van der Waals surface area (Å²) in [4.78, 5) is 12.9. The molecule has 3 rings (SSSR count). The zero-order chi connectivity index (χ0) is 34.0. The maximum atomic E-state index is 13.4. The van der Waals surface area contributed by atoms with Crippen molar-refractivity contribution in [2.24, 2.45) is 0 Å². The van der Waals surface area contributed by atoms with Crippen LogP contribution >= 0.6 is 0 Å². The molecule has 3 N–H and O–H groups in total. The number of ether oxygens (including phenoxy) is 1. The van der Waals surface area contributed by atoms with E-state index >= 15 is 0 Å². The number of benzene rings is 2. The van der Waals surface area contributed by atoms with E-state index in [4.69, 9.17) is 9.84 Å². The maximum Gasteiger partial charge on any atom is 0.149 e. The van der Waals surface area contributed by atoms with Crippen molar-refractivity contribution in [1.29, 1.82) is 0 Å². The molecular weight excluding hydrogens is 572 g/mol. The highest BCUT2D eigenvalue weighted by Gasteiger charge is 2.42. The van der Waals surface area contributed by atoms with Crippen molar-refractivity contribution in [3.8, 4) is 0 Å². The van der Waals surface area contributed by atoms with E-state index < -0.39 is 11.6 Å². The second-order valence-corrected chi connectivity index (χ2v) is 12.0. The highest BCUT2D eigenvalue weighted by atomic mass is 19.1. The largest absolute Gasteiger partial charge is 0.496 e. The van der Waals surface area contributed by atoms with E-state index in [-0.39, 0.29) is 28.0 Å². The molecule has 0 saturated carbocycles. The summed E-state index contributed by atoms with van der Waals surface area (Å²) in [5.74, 6) is -1.31.